The molecule has 0 radical (unpaired) electrons. The first-order valence-electron chi connectivity index (χ1n) is 5.76. The lowest BCUT2D eigenvalue weighted by Gasteiger charge is -2.08. The van der Waals surface area contributed by atoms with Crippen molar-refractivity contribution < 1.29 is 9.90 Å². The van der Waals surface area contributed by atoms with Crippen LogP contribution >= 0.6 is 0 Å². The Hall–Kier alpha value is -1.56. The number of nitrogens with zero attached hydrogens (tertiary/aromatic N) is 2. The van der Waals surface area contributed by atoms with Gasteiger partial charge in [0.2, 0.25) is 0 Å². The number of aliphatic hydroxyl groups excluding tert-OH is 1. The van der Waals surface area contributed by atoms with Gasteiger partial charge in [0.15, 0.2) is 5.82 Å². The van der Waals surface area contributed by atoms with Gasteiger partial charge in [-0.1, -0.05) is 6.92 Å². The molecule has 0 saturated carbocycles. The van der Waals surface area contributed by atoms with Gasteiger partial charge in [0.25, 0.3) is 0 Å². The summed E-state index contributed by atoms with van der Waals surface area (Å²) < 4.78 is 1.69. The summed E-state index contributed by atoms with van der Waals surface area (Å²) in [5, 5.41) is 18.7. The fourth-order valence-electron chi connectivity index (χ4n) is 1.34. The van der Waals surface area contributed by atoms with E-state index in [4.69, 9.17) is 0 Å². The first-order chi connectivity index (χ1) is 8.02. The Labute approximate surface area is 101 Å². The van der Waals surface area contributed by atoms with Crippen molar-refractivity contribution in [3.63, 3.8) is 0 Å². The van der Waals surface area contributed by atoms with E-state index in [0.29, 0.717) is 25.2 Å². The maximum absolute atomic E-state index is 11.4. The average Bonchev–Trinajstić information content (AvgIpc) is 2.57. The monoisotopic (exact) mass is 240 g/mol. The number of carbonyl (C=O) groups is 1. The van der Waals surface area contributed by atoms with Crippen LogP contribution in [0.25, 0.3) is 0 Å². The zero-order valence-corrected chi connectivity index (χ0v) is 10.5. The van der Waals surface area contributed by atoms with E-state index in [9.17, 15) is 9.90 Å². The van der Waals surface area contributed by atoms with Crippen LogP contribution in [0.3, 0.4) is 0 Å². The third-order valence-electron chi connectivity index (χ3n) is 2.59. The molecule has 0 aliphatic rings. The molecule has 0 spiro atoms. The fourth-order valence-corrected chi connectivity index (χ4v) is 1.34. The average molecular weight is 240 g/mol. The van der Waals surface area contributed by atoms with E-state index in [2.05, 4.69) is 15.7 Å². The van der Waals surface area contributed by atoms with E-state index in [0.717, 1.165) is 5.69 Å². The van der Waals surface area contributed by atoms with Crippen molar-refractivity contribution in [3.05, 3.63) is 11.8 Å². The highest BCUT2D eigenvalue weighted by Gasteiger charge is 2.06. The van der Waals surface area contributed by atoms with Crippen LogP contribution in [0.4, 0.5) is 10.6 Å². The summed E-state index contributed by atoms with van der Waals surface area (Å²) in [7, 11) is 1.82. The molecule has 1 aromatic heterocycles. The molecule has 1 rings (SSSR count). The van der Waals surface area contributed by atoms with Gasteiger partial charge in [0.05, 0.1) is 6.10 Å². The normalized spacial score (nSPS) is 12.2. The third-order valence-corrected chi connectivity index (χ3v) is 2.59. The van der Waals surface area contributed by atoms with Crippen molar-refractivity contribution in [2.45, 2.75) is 32.8 Å². The van der Waals surface area contributed by atoms with Gasteiger partial charge in [-0.15, -0.1) is 0 Å². The van der Waals surface area contributed by atoms with Gasteiger partial charge < -0.3 is 10.4 Å². The second kappa shape index (κ2) is 6.24. The van der Waals surface area contributed by atoms with Crippen molar-refractivity contribution in [2.75, 3.05) is 11.9 Å². The SMILES string of the molecule is CCC(O)CCNC(=O)Nc1cc(C)n(C)n1. The van der Waals surface area contributed by atoms with E-state index in [1.54, 1.807) is 10.7 Å². The lowest BCUT2D eigenvalue weighted by molar-refractivity contribution is 0.160. The smallest absolute Gasteiger partial charge is 0.320 e. The predicted octanol–water partition coefficient (Wildman–Crippen LogP) is 1.01. The summed E-state index contributed by atoms with van der Waals surface area (Å²) in [5.41, 5.74) is 0.974. The van der Waals surface area contributed by atoms with Crippen LogP contribution < -0.4 is 10.6 Å². The van der Waals surface area contributed by atoms with Crippen molar-refractivity contribution in [1.29, 1.82) is 0 Å². The number of aromatic nitrogens is 2. The Bertz CT molecular complexity index is 356. The molecule has 2 amide bonds. The Morgan fingerprint density at radius 3 is 2.88 bits per heavy atom. The molecule has 1 heterocycles. The molecule has 0 bridgehead atoms. The van der Waals surface area contributed by atoms with Crippen LogP contribution in [0.1, 0.15) is 25.5 Å². The first-order valence-corrected chi connectivity index (χ1v) is 5.76. The van der Waals surface area contributed by atoms with Crippen LogP contribution in [0.2, 0.25) is 0 Å². The summed E-state index contributed by atoms with van der Waals surface area (Å²) in [6, 6.07) is 1.49. The molecule has 0 aliphatic heterocycles. The zero-order chi connectivity index (χ0) is 12.8. The number of rotatable bonds is 5. The van der Waals surface area contributed by atoms with E-state index in [-0.39, 0.29) is 12.1 Å². The lowest BCUT2D eigenvalue weighted by atomic mass is 10.2. The maximum atomic E-state index is 11.4. The molecule has 0 aliphatic carbocycles. The number of nitrogens with one attached hydrogen (secondary N) is 2. The Morgan fingerprint density at radius 2 is 2.35 bits per heavy atom. The fraction of sp³-hybridized carbons (Fsp3) is 0.636. The maximum Gasteiger partial charge on any atom is 0.320 e. The number of carbonyl (C=O) groups excluding carboxylic acids is 1. The zero-order valence-electron chi connectivity index (χ0n) is 10.5. The summed E-state index contributed by atoms with van der Waals surface area (Å²) in [5.74, 6) is 0.526. The first kappa shape index (κ1) is 13.5. The van der Waals surface area contributed by atoms with Gasteiger partial charge in [0.1, 0.15) is 0 Å². The predicted molar refractivity (Wildman–Crippen MR) is 65.9 cm³/mol. The van der Waals surface area contributed by atoms with E-state index in [1.807, 2.05) is 20.9 Å². The van der Waals surface area contributed by atoms with Gasteiger partial charge >= 0.3 is 6.03 Å². The Morgan fingerprint density at radius 1 is 1.65 bits per heavy atom. The number of hydrogen-bond acceptors (Lipinski definition) is 3. The van der Waals surface area contributed by atoms with Crippen LogP contribution in [-0.2, 0) is 7.05 Å². The minimum absolute atomic E-state index is 0.300. The van der Waals surface area contributed by atoms with E-state index < -0.39 is 0 Å². The van der Waals surface area contributed by atoms with Gasteiger partial charge in [-0.2, -0.15) is 5.10 Å². The standard InChI is InChI=1S/C11H20N4O2/c1-4-9(16)5-6-12-11(17)13-10-7-8(2)15(3)14-10/h7,9,16H,4-6H2,1-3H3,(H2,12,13,14,17). The summed E-state index contributed by atoms with van der Waals surface area (Å²) in [6.45, 7) is 4.27. The lowest BCUT2D eigenvalue weighted by Crippen LogP contribution is -2.31. The molecule has 0 fully saturated rings. The largest absolute Gasteiger partial charge is 0.393 e. The molecule has 17 heavy (non-hydrogen) atoms. The molecule has 6 nitrogen and oxygen atoms in total. The van der Waals surface area contributed by atoms with Gasteiger partial charge in [-0.05, 0) is 19.8 Å². The highest BCUT2D eigenvalue weighted by atomic mass is 16.3. The molecule has 1 atom stereocenters. The van der Waals surface area contributed by atoms with Crippen molar-refractivity contribution in [1.82, 2.24) is 15.1 Å². The topological polar surface area (TPSA) is 79.2 Å². The highest BCUT2D eigenvalue weighted by molar-refractivity contribution is 5.88. The van der Waals surface area contributed by atoms with E-state index >= 15 is 0 Å². The highest BCUT2D eigenvalue weighted by Crippen LogP contribution is 2.06. The van der Waals surface area contributed by atoms with Crippen molar-refractivity contribution >= 4 is 11.8 Å². The van der Waals surface area contributed by atoms with E-state index in [1.165, 1.54) is 0 Å². The number of anilines is 1. The second-order valence-corrected chi connectivity index (χ2v) is 4.03. The van der Waals surface area contributed by atoms with Gasteiger partial charge in [0, 0.05) is 25.4 Å². The van der Waals surface area contributed by atoms with Crippen LogP contribution in [0, 0.1) is 6.92 Å². The molecule has 3 N–H and O–H groups in total. The number of amides is 2. The molecular weight excluding hydrogens is 220 g/mol. The molecule has 6 heteroatoms. The number of aryl methyl sites for hydroxylation is 2. The molecule has 1 unspecified atom stereocenters. The second-order valence-electron chi connectivity index (χ2n) is 4.03. The molecule has 96 valence electrons. The number of urea groups is 1. The third kappa shape index (κ3) is 4.44. The van der Waals surface area contributed by atoms with Gasteiger partial charge in [-0.25, -0.2) is 4.79 Å². The van der Waals surface area contributed by atoms with Crippen LogP contribution in [0.15, 0.2) is 6.07 Å². The minimum Gasteiger partial charge on any atom is -0.393 e. The molecular formula is C11H20N4O2. The molecule has 0 saturated heterocycles. The van der Waals surface area contributed by atoms with Crippen molar-refractivity contribution in [3.8, 4) is 0 Å². The Balaban J connectivity index is 2.30. The number of hydrogen-bond donors (Lipinski definition) is 3. The molecule has 1 aromatic rings. The van der Waals surface area contributed by atoms with Gasteiger partial charge in [-0.3, -0.25) is 10.00 Å². The summed E-state index contributed by atoms with van der Waals surface area (Å²) in [6.07, 6.45) is 0.904. The summed E-state index contributed by atoms with van der Waals surface area (Å²) >= 11 is 0. The molecule has 0 aromatic carbocycles. The van der Waals surface area contributed by atoms with Crippen LogP contribution in [0.5, 0.6) is 0 Å². The Kier molecular flexibility index (Phi) is 4.96. The minimum atomic E-state index is -0.354. The summed E-state index contributed by atoms with van der Waals surface area (Å²) in [4.78, 5) is 11.4. The quantitative estimate of drug-likeness (QED) is 0.718. The van der Waals surface area contributed by atoms with Crippen molar-refractivity contribution in [2.24, 2.45) is 7.05 Å². The number of aliphatic hydroxyl groups is 1. The van der Waals surface area contributed by atoms with Crippen LogP contribution in [-0.4, -0.2) is 33.6 Å².